The van der Waals surface area contributed by atoms with E-state index in [2.05, 4.69) is 51.8 Å². The zero-order chi connectivity index (χ0) is 37.6. The molecule has 0 spiro atoms. The second-order valence-electron chi connectivity index (χ2n) is 14.5. The summed E-state index contributed by atoms with van der Waals surface area (Å²) in [5.74, 6) is -0.306. The number of unbranched alkanes of at least 4 members (excludes halogenated alkanes) is 16. The number of rotatable bonds is 37. The Balaban J connectivity index is 4.38. The molecule has 1 atom stereocenters. The monoisotopic (exact) mass is 720 g/mol. The highest BCUT2D eigenvalue weighted by Gasteiger charge is 2.22. The Morgan fingerprint density at radius 1 is 0.549 bits per heavy atom. The first kappa shape index (κ1) is 48.9. The van der Waals surface area contributed by atoms with Crippen LogP contribution in [0.1, 0.15) is 195 Å². The zero-order valence-electron chi connectivity index (χ0n) is 34.1. The average molecular weight is 720 g/mol. The molecular weight excluding hydrogens is 638 g/mol. The van der Waals surface area contributed by atoms with Crippen LogP contribution in [0.2, 0.25) is 0 Å². The van der Waals surface area contributed by atoms with Crippen LogP contribution in [-0.2, 0) is 28.6 Å². The molecule has 0 aromatic carbocycles. The minimum atomic E-state index is -0.107. The Labute approximate surface area is 315 Å². The molecule has 298 valence electrons. The fraction of sp³-hybridized carbons (Fsp3) is 0.841. The SMILES string of the molecule is CCCCCC/C=C\COC(=O)CCCCCCCC(CCCCCCCC(=O)OC/C=C\CCCCCC)OC(=O)C(CC)CCN(C)CC. The molecule has 0 rings (SSSR count). The summed E-state index contributed by atoms with van der Waals surface area (Å²) >= 11 is 0. The normalized spacial score (nSPS) is 12.4. The van der Waals surface area contributed by atoms with Crippen LogP contribution in [0.5, 0.6) is 0 Å². The van der Waals surface area contributed by atoms with Gasteiger partial charge in [-0.1, -0.05) is 129 Å². The molecule has 51 heavy (non-hydrogen) atoms. The molecule has 0 N–H and O–H groups in total. The maximum atomic E-state index is 13.2. The average Bonchev–Trinajstić information content (AvgIpc) is 3.12. The van der Waals surface area contributed by atoms with Crippen molar-refractivity contribution in [3.8, 4) is 0 Å². The van der Waals surface area contributed by atoms with Gasteiger partial charge in [-0.15, -0.1) is 0 Å². The Morgan fingerprint density at radius 3 is 1.45 bits per heavy atom. The first-order valence-electron chi connectivity index (χ1n) is 21.4. The quantitative estimate of drug-likeness (QED) is 0.0273. The van der Waals surface area contributed by atoms with Crippen LogP contribution >= 0.6 is 0 Å². The van der Waals surface area contributed by atoms with Crippen molar-refractivity contribution in [1.29, 1.82) is 0 Å². The fourth-order valence-corrected chi connectivity index (χ4v) is 6.07. The number of carbonyl (C=O) groups is 3. The van der Waals surface area contributed by atoms with Gasteiger partial charge in [0.1, 0.15) is 19.3 Å². The lowest BCUT2D eigenvalue weighted by Crippen LogP contribution is -2.28. The molecule has 0 radical (unpaired) electrons. The maximum Gasteiger partial charge on any atom is 0.309 e. The van der Waals surface area contributed by atoms with Gasteiger partial charge in [-0.2, -0.15) is 0 Å². The summed E-state index contributed by atoms with van der Waals surface area (Å²) in [6.07, 6.45) is 34.7. The smallest absolute Gasteiger partial charge is 0.309 e. The molecule has 0 fully saturated rings. The second kappa shape index (κ2) is 37.6. The molecule has 0 aromatic rings. The van der Waals surface area contributed by atoms with Crippen LogP contribution < -0.4 is 0 Å². The van der Waals surface area contributed by atoms with Gasteiger partial charge in [-0.3, -0.25) is 14.4 Å². The molecular formula is C44H81NO6. The molecule has 0 aliphatic heterocycles. The third-order valence-corrected chi connectivity index (χ3v) is 9.79. The minimum absolute atomic E-state index is 0.0401. The van der Waals surface area contributed by atoms with Crippen LogP contribution in [0.4, 0.5) is 0 Å². The summed E-state index contributed by atoms with van der Waals surface area (Å²) in [6, 6.07) is 0. The van der Waals surface area contributed by atoms with Crippen molar-refractivity contribution in [3.05, 3.63) is 24.3 Å². The highest BCUT2D eigenvalue weighted by molar-refractivity contribution is 5.72. The lowest BCUT2D eigenvalue weighted by molar-refractivity contribution is -0.155. The number of hydrogen-bond donors (Lipinski definition) is 0. The molecule has 0 aromatic heterocycles. The van der Waals surface area contributed by atoms with Gasteiger partial charge < -0.3 is 19.1 Å². The van der Waals surface area contributed by atoms with Crippen molar-refractivity contribution in [3.63, 3.8) is 0 Å². The number of hydrogen-bond acceptors (Lipinski definition) is 7. The summed E-state index contributed by atoms with van der Waals surface area (Å²) in [4.78, 5) is 39.5. The van der Waals surface area contributed by atoms with Gasteiger partial charge >= 0.3 is 17.9 Å². The van der Waals surface area contributed by atoms with E-state index in [4.69, 9.17) is 14.2 Å². The standard InChI is InChI=1S/C44H81NO6/c1-6-10-12-14-16-24-30-38-49-42(46)34-28-22-18-20-26-32-41(51-44(48)40(8-3)36-37-45(5)9-4)33-27-21-19-23-29-35-43(47)50-39-31-25-17-15-13-11-7-2/h24-25,30-31,40-41H,6-23,26-29,32-39H2,1-5H3/b30-24-,31-25-. The van der Waals surface area contributed by atoms with Gasteiger partial charge in [0.15, 0.2) is 0 Å². The van der Waals surface area contributed by atoms with Gasteiger partial charge in [-0.25, -0.2) is 0 Å². The molecule has 0 amide bonds. The van der Waals surface area contributed by atoms with Crippen LogP contribution in [0.15, 0.2) is 24.3 Å². The molecule has 0 bridgehead atoms. The van der Waals surface area contributed by atoms with Crippen molar-refractivity contribution in [2.45, 2.75) is 201 Å². The minimum Gasteiger partial charge on any atom is -0.462 e. The predicted molar refractivity (Wildman–Crippen MR) is 214 cm³/mol. The number of esters is 3. The van der Waals surface area contributed by atoms with Crippen molar-refractivity contribution in [2.24, 2.45) is 5.92 Å². The van der Waals surface area contributed by atoms with Gasteiger partial charge in [-0.05, 0) is 97.2 Å². The molecule has 7 heteroatoms. The van der Waals surface area contributed by atoms with Crippen molar-refractivity contribution in [2.75, 3.05) is 33.4 Å². The van der Waals surface area contributed by atoms with E-state index >= 15 is 0 Å². The van der Waals surface area contributed by atoms with Crippen LogP contribution in [0.3, 0.4) is 0 Å². The van der Waals surface area contributed by atoms with E-state index in [0.29, 0.717) is 26.1 Å². The number of carbonyl (C=O) groups excluding carboxylic acids is 3. The van der Waals surface area contributed by atoms with E-state index in [1.54, 1.807) is 0 Å². The van der Waals surface area contributed by atoms with Crippen molar-refractivity contribution < 1.29 is 28.6 Å². The first-order chi connectivity index (χ1) is 24.9. The molecule has 0 heterocycles. The van der Waals surface area contributed by atoms with E-state index in [0.717, 1.165) is 116 Å². The van der Waals surface area contributed by atoms with E-state index in [1.165, 1.54) is 51.4 Å². The number of ether oxygens (including phenoxy) is 3. The Hall–Kier alpha value is -2.15. The predicted octanol–water partition coefficient (Wildman–Crippen LogP) is 11.9. The molecule has 1 unspecified atom stereocenters. The highest BCUT2D eigenvalue weighted by Crippen LogP contribution is 2.20. The summed E-state index contributed by atoms with van der Waals surface area (Å²) in [7, 11) is 2.09. The first-order valence-corrected chi connectivity index (χ1v) is 21.4. The Kier molecular flexibility index (Phi) is 36.0. The maximum absolute atomic E-state index is 13.2. The Morgan fingerprint density at radius 2 is 1.00 bits per heavy atom. The molecule has 7 nitrogen and oxygen atoms in total. The van der Waals surface area contributed by atoms with Crippen molar-refractivity contribution in [1.82, 2.24) is 4.90 Å². The zero-order valence-corrected chi connectivity index (χ0v) is 34.1. The molecule has 0 aliphatic rings. The summed E-state index contributed by atoms with van der Waals surface area (Å²) in [5.41, 5.74) is 0. The number of allylic oxidation sites excluding steroid dienone is 2. The van der Waals surface area contributed by atoms with E-state index in [1.807, 2.05) is 12.2 Å². The van der Waals surface area contributed by atoms with Gasteiger partial charge in [0.2, 0.25) is 0 Å². The van der Waals surface area contributed by atoms with Crippen LogP contribution in [-0.4, -0.2) is 62.3 Å². The third-order valence-electron chi connectivity index (χ3n) is 9.79. The van der Waals surface area contributed by atoms with Gasteiger partial charge in [0.05, 0.1) is 5.92 Å². The second-order valence-corrected chi connectivity index (χ2v) is 14.5. The summed E-state index contributed by atoms with van der Waals surface area (Å²) in [5, 5.41) is 0. The van der Waals surface area contributed by atoms with Crippen LogP contribution in [0, 0.1) is 5.92 Å². The molecule has 0 saturated heterocycles. The fourth-order valence-electron chi connectivity index (χ4n) is 6.07. The summed E-state index contributed by atoms with van der Waals surface area (Å²) in [6.45, 7) is 11.3. The molecule has 0 aliphatic carbocycles. The molecule has 0 saturated carbocycles. The number of nitrogens with zero attached hydrogens (tertiary/aromatic N) is 1. The van der Waals surface area contributed by atoms with Gasteiger partial charge in [0, 0.05) is 12.8 Å². The van der Waals surface area contributed by atoms with E-state index in [9.17, 15) is 14.4 Å². The van der Waals surface area contributed by atoms with Crippen LogP contribution in [0.25, 0.3) is 0 Å². The van der Waals surface area contributed by atoms with E-state index in [-0.39, 0.29) is 29.9 Å². The third kappa shape index (κ3) is 33.4. The largest absolute Gasteiger partial charge is 0.462 e. The van der Waals surface area contributed by atoms with Gasteiger partial charge in [0.25, 0.3) is 0 Å². The van der Waals surface area contributed by atoms with E-state index < -0.39 is 0 Å². The highest BCUT2D eigenvalue weighted by atomic mass is 16.5. The topological polar surface area (TPSA) is 82.1 Å². The lowest BCUT2D eigenvalue weighted by atomic mass is 10.00. The Bertz CT molecular complexity index is 820. The van der Waals surface area contributed by atoms with Crippen molar-refractivity contribution >= 4 is 17.9 Å². The lowest BCUT2D eigenvalue weighted by Gasteiger charge is -2.23. The summed E-state index contributed by atoms with van der Waals surface area (Å²) < 4.78 is 16.8.